The lowest BCUT2D eigenvalue weighted by Gasteiger charge is -2.19. The minimum Gasteiger partial charge on any atom is -0.476 e. The molecule has 1 aromatic carbocycles. The van der Waals surface area contributed by atoms with Crippen LogP contribution >= 0.6 is 8.15 Å². The number of nitrogens with zero attached hydrogens (tertiary/aromatic N) is 5. The van der Waals surface area contributed by atoms with E-state index in [4.69, 9.17) is 21.5 Å². The molecule has 4 rings (SSSR count). The zero-order chi connectivity index (χ0) is 25.8. The minimum absolute atomic E-state index is 0.00551. The zero-order valence-electron chi connectivity index (χ0n) is 20.5. The lowest BCUT2D eigenvalue weighted by Crippen LogP contribution is -2.27. The average molecular weight is 496 g/mol. The molecule has 34 heavy (non-hydrogen) atoms. The van der Waals surface area contributed by atoms with E-state index < -0.39 is 38.5 Å². The lowest BCUT2D eigenvalue weighted by molar-refractivity contribution is -0.384. The van der Waals surface area contributed by atoms with Crippen LogP contribution < -0.4 is 4.74 Å². The molecular weight excluding hydrogens is 468 g/mol. The summed E-state index contributed by atoms with van der Waals surface area (Å²) in [5.74, 6) is -0.0271. The highest BCUT2D eigenvalue weighted by Crippen LogP contribution is 2.39. The average Bonchev–Trinajstić information content (AvgIpc) is 3.41. The van der Waals surface area contributed by atoms with Crippen LogP contribution in [0.2, 0.25) is 0 Å². The van der Waals surface area contributed by atoms with E-state index in [1.54, 1.807) is 16.7 Å². The van der Waals surface area contributed by atoms with Crippen LogP contribution in [0.1, 0.15) is 21.0 Å². The Kier molecular flexibility index (Phi) is 6.80. The Morgan fingerprint density at radius 3 is 2.91 bits per heavy atom. The molecule has 13 heteroatoms. The topological polar surface area (TPSA) is 124 Å². The van der Waals surface area contributed by atoms with Crippen molar-refractivity contribution < 1.29 is 30.8 Å². The maximum Gasteiger partial charge on any atom is 0.314 e. The largest absolute Gasteiger partial charge is 0.476 e. The van der Waals surface area contributed by atoms with Gasteiger partial charge in [-0.25, -0.2) is 4.98 Å². The molecule has 1 fully saturated rings. The van der Waals surface area contributed by atoms with E-state index in [0.29, 0.717) is 12.8 Å². The third-order valence-electron chi connectivity index (χ3n) is 5.24. The Morgan fingerprint density at radius 1 is 1.41 bits per heavy atom. The van der Waals surface area contributed by atoms with E-state index in [0.717, 1.165) is 5.56 Å². The molecule has 11 nitrogen and oxygen atoms in total. The molecule has 0 N–H and O–H groups in total. The van der Waals surface area contributed by atoms with Crippen LogP contribution in [0.15, 0.2) is 30.6 Å². The van der Waals surface area contributed by atoms with Crippen molar-refractivity contribution in [1.29, 1.82) is 0 Å². The normalized spacial score (nSPS) is 22.1. The number of nitro benzene ring substituents is 1. The number of hydrogen-bond donors (Lipinski definition) is 0. The fourth-order valence-corrected chi connectivity index (χ4v) is 4.49. The summed E-state index contributed by atoms with van der Waals surface area (Å²) in [6.07, 6.45) is -0.120. The van der Waals surface area contributed by atoms with Gasteiger partial charge in [0.15, 0.2) is 11.2 Å². The van der Waals surface area contributed by atoms with Crippen LogP contribution in [-0.2, 0) is 20.4 Å². The third kappa shape index (κ3) is 5.47. The zero-order valence-corrected chi connectivity index (χ0v) is 19.4. The summed E-state index contributed by atoms with van der Waals surface area (Å²) in [5, 5.41) is 10.8. The van der Waals surface area contributed by atoms with E-state index >= 15 is 0 Å². The Labute approximate surface area is 199 Å². The van der Waals surface area contributed by atoms with Crippen LogP contribution in [0.25, 0.3) is 11.2 Å². The van der Waals surface area contributed by atoms with Crippen LogP contribution in [-0.4, -0.2) is 70.3 Å². The predicted octanol–water partition coefficient (Wildman–Crippen LogP) is 3.47. The summed E-state index contributed by atoms with van der Waals surface area (Å²) < 4.78 is 53.3. The number of nitro groups is 1. The summed E-state index contributed by atoms with van der Waals surface area (Å²) in [6.45, 7) is 4.06. The monoisotopic (exact) mass is 496 g/mol. The summed E-state index contributed by atoms with van der Waals surface area (Å²) in [4.78, 5) is 22.3. The summed E-state index contributed by atoms with van der Waals surface area (Å²) >= 11 is 0. The summed E-state index contributed by atoms with van der Waals surface area (Å²) in [7, 11) is -2.15. The molecule has 3 heterocycles. The molecular formula is C21H25FN5O6P. The van der Waals surface area contributed by atoms with E-state index in [2.05, 4.69) is 15.0 Å². The quantitative estimate of drug-likeness (QED) is 0.180. The first-order valence-corrected chi connectivity index (χ1v) is 12.6. The van der Waals surface area contributed by atoms with Crippen molar-refractivity contribution in [2.75, 3.05) is 33.6 Å². The molecule has 2 unspecified atom stereocenters. The number of rotatable bonds is 10. The highest BCUT2D eigenvalue weighted by Gasteiger charge is 2.38. The van der Waals surface area contributed by atoms with E-state index in [1.165, 1.54) is 18.5 Å². The van der Waals surface area contributed by atoms with Gasteiger partial charge in [-0.1, -0.05) is 12.1 Å². The molecule has 1 saturated heterocycles. The summed E-state index contributed by atoms with van der Waals surface area (Å²) in [5.41, 5.74) is 1.25. The van der Waals surface area contributed by atoms with Crippen molar-refractivity contribution in [2.45, 2.75) is 31.3 Å². The molecule has 0 aliphatic carbocycles. The van der Waals surface area contributed by atoms with Crippen molar-refractivity contribution in [2.24, 2.45) is 0 Å². The van der Waals surface area contributed by atoms with Gasteiger partial charge in [-0.15, -0.1) is 0 Å². The Bertz CT molecular complexity index is 1200. The first-order valence-electron chi connectivity index (χ1n) is 11.6. The molecule has 1 aliphatic heterocycles. The highest BCUT2D eigenvalue weighted by molar-refractivity contribution is 7.50. The van der Waals surface area contributed by atoms with E-state index in [9.17, 15) is 14.5 Å². The molecule has 1 aliphatic rings. The van der Waals surface area contributed by atoms with Gasteiger partial charge in [0.05, 0.1) is 33.3 Å². The number of halogens is 1. The number of benzene rings is 1. The van der Waals surface area contributed by atoms with Gasteiger partial charge in [-0.2, -0.15) is 14.4 Å². The second kappa shape index (κ2) is 10.6. The summed E-state index contributed by atoms with van der Waals surface area (Å²) in [6, 6.07) is 6.07. The maximum atomic E-state index is 14.3. The molecule has 3 aromatic rings. The van der Waals surface area contributed by atoms with Gasteiger partial charge in [0, 0.05) is 40.2 Å². The van der Waals surface area contributed by atoms with Gasteiger partial charge in [-0.05, 0) is 18.9 Å². The van der Waals surface area contributed by atoms with Crippen LogP contribution in [0.5, 0.6) is 5.88 Å². The van der Waals surface area contributed by atoms with Crippen molar-refractivity contribution in [1.82, 2.24) is 19.5 Å². The highest BCUT2D eigenvalue weighted by atomic mass is 31.1. The van der Waals surface area contributed by atoms with Crippen molar-refractivity contribution >= 4 is 25.0 Å². The smallest absolute Gasteiger partial charge is 0.314 e. The van der Waals surface area contributed by atoms with E-state index in [-0.39, 0.29) is 42.0 Å². The fourth-order valence-electron chi connectivity index (χ4n) is 3.72. The number of hydrogen-bond acceptors (Lipinski definition) is 9. The van der Waals surface area contributed by atoms with Crippen molar-refractivity contribution in [3.63, 3.8) is 0 Å². The van der Waals surface area contributed by atoms with Gasteiger partial charge in [0.1, 0.15) is 12.3 Å². The SMILES string of the molecule is [2H]C([3H])OC[C@H]1O[C@@H](n2cnc3c(OCCc4ccc([N+](=O)[O-])cc4)nc(F)nc32)CC1OP(C)C. The molecule has 0 bridgehead atoms. The molecule has 0 saturated carbocycles. The van der Waals surface area contributed by atoms with E-state index in [1.807, 2.05) is 13.3 Å². The molecule has 4 atom stereocenters. The van der Waals surface area contributed by atoms with Crippen molar-refractivity contribution in [3.8, 4) is 5.88 Å². The molecule has 182 valence electrons. The standard InChI is InChI=1S/C21H25FN5O6P/c1-30-11-16-15(33-34(2)3)10-17(32-16)26-12-23-18-19(26)24-21(22)25-20(18)31-9-8-13-4-6-14(7-5-13)27(28)29/h4-7,12,15-17H,8-11H2,1-3H3/t15?,16-,17-/m1/s1/i1TD/t1?,15?,16-,17-. The number of imidazole rings is 1. The number of non-ortho nitro benzene ring substituents is 1. The second-order valence-electron chi connectivity index (χ2n) is 7.80. The third-order valence-corrected chi connectivity index (χ3v) is 5.93. The van der Waals surface area contributed by atoms with Crippen LogP contribution in [0.3, 0.4) is 0 Å². The maximum absolute atomic E-state index is 14.3. The first-order chi connectivity index (χ1) is 17.2. The Balaban J connectivity index is 1.48. The Morgan fingerprint density at radius 2 is 2.21 bits per heavy atom. The van der Waals surface area contributed by atoms with Gasteiger partial charge in [-0.3, -0.25) is 14.7 Å². The number of ether oxygens (including phenoxy) is 3. The number of methoxy groups -OCH3 is 1. The number of aromatic nitrogens is 4. The minimum atomic E-state index is -1.44. The van der Waals surface area contributed by atoms with Crippen molar-refractivity contribution in [3.05, 3.63) is 52.3 Å². The lowest BCUT2D eigenvalue weighted by atomic mass is 10.1. The van der Waals surface area contributed by atoms with Gasteiger partial charge in [0.25, 0.3) is 5.69 Å². The molecule has 2 aromatic heterocycles. The van der Waals surface area contributed by atoms with Crippen LogP contribution in [0, 0.1) is 16.2 Å². The first kappa shape index (κ1) is 21.7. The van der Waals surface area contributed by atoms with Gasteiger partial charge < -0.3 is 18.7 Å². The number of fused-ring (bicyclic) bond motifs is 1. The molecule has 0 spiro atoms. The fraction of sp³-hybridized carbons (Fsp3) is 0.476. The Hall–Kier alpha value is -2.79. The second-order valence-corrected chi connectivity index (χ2v) is 9.63. The van der Waals surface area contributed by atoms with Gasteiger partial charge >= 0.3 is 6.08 Å². The van der Waals surface area contributed by atoms with Crippen LogP contribution in [0.4, 0.5) is 10.1 Å². The predicted molar refractivity (Wildman–Crippen MR) is 122 cm³/mol. The molecule has 0 amide bonds. The molecule has 0 radical (unpaired) electrons. The van der Waals surface area contributed by atoms with Gasteiger partial charge in [0.2, 0.25) is 5.88 Å².